The molecule has 4 nitrogen and oxygen atoms in total. The molecule has 0 heterocycles. The van der Waals surface area contributed by atoms with Crippen LogP contribution in [0.5, 0.6) is 0 Å². The number of nitrogens with one attached hydrogen (secondary N) is 2. The molecule has 0 saturated heterocycles. The number of rotatable bonds is 3. The molecular formula is C12H14Cl2N2O2. The zero-order valence-electron chi connectivity index (χ0n) is 10.0. The fourth-order valence-corrected chi connectivity index (χ4v) is 1.46. The van der Waals surface area contributed by atoms with Gasteiger partial charge in [-0.05, 0) is 31.5 Å². The van der Waals surface area contributed by atoms with Crippen LogP contribution in [0.15, 0.2) is 24.3 Å². The monoisotopic (exact) mass is 288 g/mol. The van der Waals surface area contributed by atoms with Gasteiger partial charge >= 0.3 is 6.03 Å². The average molecular weight is 289 g/mol. The third-order valence-corrected chi connectivity index (χ3v) is 2.77. The average Bonchev–Trinajstić information content (AvgIpc) is 2.29. The SMILES string of the molecule is CC(Cl)C(=O)NC(=O)NC(C)c1ccc(Cl)cc1. The first kappa shape index (κ1) is 14.8. The molecule has 2 unspecified atom stereocenters. The molecule has 0 aliphatic carbocycles. The van der Waals surface area contributed by atoms with Gasteiger partial charge in [0.25, 0.3) is 0 Å². The number of urea groups is 1. The number of alkyl halides is 1. The summed E-state index contributed by atoms with van der Waals surface area (Å²) in [5.41, 5.74) is 0.890. The lowest BCUT2D eigenvalue weighted by Crippen LogP contribution is -2.43. The minimum absolute atomic E-state index is 0.235. The lowest BCUT2D eigenvalue weighted by molar-refractivity contribution is -0.119. The van der Waals surface area contributed by atoms with Crippen molar-refractivity contribution in [2.45, 2.75) is 25.3 Å². The van der Waals surface area contributed by atoms with E-state index >= 15 is 0 Å². The molecule has 98 valence electrons. The number of carbonyl (C=O) groups is 2. The molecule has 2 atom stereocenters. The Hall–Kier alpha value is -1.26. The summed E-state index contributed by atoms with van der Waals surface area (Å²) >= 11 is 11.3. The number of hydrogen-bond donors (Lipinski definition) is 2. The minimum Gasteiger partial charge on any atom is -0.331 e. The Bertz CT molecular complexity index is 432. The van der Waals surface area contributed by atoms with Crippen LogP contribution in [0, 0.1) is 0 Å². The van der Waals surface area contributed by atoms with Gasteiger partial charge in [-0.25, -0.2) is 4.79 Å². The van der Waals surface area contributed by atoms with E-state index in [0.717, 1.165) is 5.56 Å². The van der Waals surface area contributed by atoms with Crippen LogP contribution < -0.4 is 10.6 Å². The third kappa shape index (κ3) is 4.55. The summed E-state index contributed by atoms with van der Waals surface area (Å²) in [6.45, 7) is 3.30. The summed E-state index contributed by atoms with van der Waals surface area (Å²) in [7, 11) is 0. The van der Waals surface area contributed by atoms with E-state index in [0.29, 0.717) is 5.02 Å². The van der Waals surface area contributed by atoms with Crippen molar-refractivity contribution in [2.75, 3.05) is 0 Å². The van der Waals surface area contributed by atoms with Crippen LogP contribution in [-0.2, 0) is 4.79 Å². The van der Waals surface area contributed by atoms with Gasteiger partial charge in [-0.15, -0.1) is 11.6 Å². The standard InChI is InChI=1S/C12H14Cl2N2O2/c1-7(13)11(17)16-12(18)15-8(2)9-3-5-10(14)6-4-9/h3-8H,1-2H3,(H2,15,16,17,18). The van der Waals surface area contributed by atoms with Gasteiger partial charge in [0.1, 0.15) is 5.38 Å². The molecule has 0 saturated carbocycles. The Morgan fingerprint density at radius 3 is 2.22 bits per heavy atom. The van der Waals surface area contributed by atoms with Crippen molar-refractivity contribution >= 4 is 35.1 Å². The second kappa shape index (κ2) is 6.61. The van der Waals surface area contributed by atoms with Crippen LogP contribution >= 0.6 is 23.2 Å². The molecule has 0 bridgehead atoms. The van der Waals surface area contributed by atoms with E-state index < -0.39 is 17.3 Å². The van der Waals surface area contributed by atoms with Crippen LogP contribution in [0.25, 0.3) is 0 Å². The number of benzene rings is 1. The second-order valence-electron chi connectivity index (χ2n) is 3.85. The maximum Gasteiger partial charge on any atom is 0.321 e. The van der Waals surface area contributed by atoms with Crippen molar-refractivity contribution in [2.24, 2.45) is 0 Å². The normalized spacial score (nSPS) is 13.6. The lowest BCUT2D eigenvalue weighted by atomic mass is 10.1. The fraction of sp³-hybridized carbons (Fsp3) is 0.333. The Kier molecular flexibility index (Phi) is 5.44. The molecule has 1 rings (SSSR count). The van der Waals surface area contributed by atoms with Crippen molar-refractivity contribution in [1.29, 1.82) is 0 Å². The maximum absolute atomic E-state index is 11.5. The number of hydrogen-bond acceptors (Lipinski definition) is 2. The van der Waals surface area contributed by atoms with Gasteiger partial charge in [0, 0.05) is 5.02 Å². The van der Waals surface area contributed by atoms with Crippen LogP contribution in [-0.4, -0.2) is 17.3 Å². The summed E-state index contributed by atoms with van der Waals surface area (Å²) in [5.74, 6) is -0.530. The van der Waals surface area contributed by atoms with Gasteiger partial charge in [0.15, 0.2) is 0 Å². The van der Waals surface area contributed by atoms with Gasteiger partial charge in [0.05, 0.1) is 6.04 Å². The van der Waals surface area contributed by atoms with Crippen LogP contribution in [0.2, 0.25) is 5.02 Å². The zero-order chi connectivity index (χ0) is 13.7. The van der Waals surface area contributed by atoms with E-state index in [4.69, 9.17) is 23.2 Å². The molecule has 0 aromatic heterocycles. The molecule has 0 fully saturated rings. The second-order valence-corrected chi connectivity index (χ2v) is 4.94. The lowest BCUT2D eigenvalue weighted by Gasteiger charge is -2.15. The van der Waals surface area contributed by atoms with E-state index in [1.807, 2.05) is 0 Å². The Balaban J connectivity index is 2.54. The van der Waals surface area contributed by atoms with Crippen LogP contribution in [0.1, 0.15) is 25.5 Å². The number of amides is 3. The molecule has 0 radical (unpaired) electrons. The first-order valence-corrected chi connectivity index (χ1v) is 6.22. The molecule has 18 heavy (non-hydrogen) atoms. The Morgan fingerprint density at radius 2 is 1.72 bits per heavy atom. The van der Waals surface area contributed by atoms with Crippen molar-refractivity contribution < 1.29 is 9.59 Å². The maximum atomic E-state index is 11.5. The smallest absolute Gasteiger partial charge is 0.321 e. The van der Waals surface area contributed by atoms with Gasteiger partial charge in [-0.1, -0.05) is 23.7 Å². The third-order valence-electron chi connectivity index (χ3n) is 2.32. The highest BCUT2D eigenvalue weighted by molar-refractivity contribution is 6.31. The molecule has 2 N–H and O–H groups in total. The minimum atomic E-state index is -0.749. The molecule has 1 aromatic carbocycles. The quantitative estimate of drug-likeness (QED) is 0.841. The van der Waals surface area contributed by atoms with Crippen LogP contribution in [0.4, 0.5) is 4.79 Å². The van der Waals surface area contributed by atoms with Crippen LogP contribution in [0.3, 0.4) is 0 Å². The molecule has 0 aliphatic rings. The summed E-state index contributed by atoms with van der Waals surface area (Å²) in [6.07, 6.45) is 0. The predicted molar refractivity (Wildman–Crippen MR) is 71.9 cm³/mol. The van der Waals surface area contributed by atoms with Crippen molar-refractivity contribution in [3.05, 3.63) is 34.9 Å². The predicted octanol–water partition coefficient (Wildman–Crippen LogP) is 2.85. The molecule has 1 aromatic rings. The van der Waals surface area contributed by atoms with E-state index in [-0.39, 0.29) is 6.04 Å². The first-order valence-electron chi connectivity index (χ1n) is 5.41. The van der Waals surface area contributed by atoms with E-state index in [2.05, 4.69) is 10.6 Å². The number of carbonyl (C=O) groups excluding carboxylic acids is 2. The van der Waals surface area contributed by atoms with E-state index in [9.17, 15) is 9.59 Å². The highest BCUT2D eigenvalue weighted by atomic mass is 35.5. The van der Waals surface area contributed by atoms with Crippen molar-refractivity contribution in [1.82, 2.24) is 10.6 Å². The van der Waals surface area contributed by atoms with E-state index in [1.165, 1.54) is 6.92 Å². The first-order chi connectivity index (χ1) is 8.40. The molecular weight excluding hydrogens is 275 g/mol. The summed E-state index contributed by atoms with van der Waals surface area (Å²) in [5, 5.41) is 4.65. The van der Waals surface area contributed by atoms with Crippen molar-refractivity contribution in [3.63, 3.8) is 0 Å². The van der Waals surface area contributed by atoms with Gasteiger partial charge in [-0.2, -0.15) is 0 Å². The topological polar surface area (TPSA) is 58.2 Å². The van der Waals surface area contributed by atoms with Gasteiger partial charge < -0.3 is 5.32 Å². The fourth-order valence-electron chi connectivity index (χ4n) is 1.28. The molecule has 6 heteroatoms. The summed E-state index contributed by atoms with van der Waals surface area (Å²) < 4.78 is 0. The number of halogens is 2. The van der Waals surface area contributed by atoms with Gasteiger partial charge in [0.2, 0.25) is 5.91 Å². The molecule has 3 amide bonds. The zero-order valence-corrected chi connectivity index (χ0v) is 11.5. The molecule has 0 spiro atoms. The summed E-state index contributed by atoms with van der Waals surface area (Å²) in [6, 6.07) is 6.27. The Morgan fingerprint density at radius 1 is 1.17 bits per heavy atom. The Labute approximate surface area is 116 Å². The highest BCUT2D eigenvalue weighted by Crippen LogP contribution is 2.15. The summed E-state index contributed by atoms with van der Waals surface area (Å²) in [4.78, 5) is 22.7. The highest BCUT2D eigenvalue weighted by Gasteiger charge is 2.15. The largest absolute Gasteiger partial charge is 0.331 e. The van der Waals surface area contributed by atoms with E-state index in [1.54, 1.807) is 31.2 Å². The van der Waals surface area contributed by atoms with Gasteiger partial charge in [-0.3, -0.25) is 10.1 Å². The number of imide groups is 1. The van der Waals surface area contributed by atoms with Crippen molar-refractivity contribution in [3.8, 4) is 0 Å². The molecule has 0 aliphatic heterocycles.